The van der Waals surface area contributed by atoms with Crippen LogP contribution in [0.1, 0.15) is 50.3 Å². The zero-order valence-electron chi connectivity index (χ0n) is 22.7. The standard InChI is InChI=1S/C30H37N3O4S/c1-6-31-30(35)24(5)32(20-25-12-10-11-23(4)19-25)29(34)21-33(27-17-15-26(16-18-27)22(2)3)38(36,37)28-13-8-7-9-14-28/h7-19,22,24H,6,20-21H2,1-5H3,(H,31,35). The fraction of sp³-hybridized carbons (Fsp3) is 0.333. The number of nitrogens with one attached hydrogen (secondary N) is 1. The Labute approximate surface area is 226 Å². The number of hydrogen-bond acceptors (Lipinski definition) is 4. The van der Waals surface area contributed by atoms with Crippen LogP contribution in [0.15, 0.2) is 83.8 Å². The van der Waals surface area contributed by atoms with E-state index in [4.69, 9.17) is 0 Å². The van der Waals surface area contributed by atoms with Crippen LogP contribution in [0.5, 0.6) is 0 Å². The van der Waals surface area contributed by atoms with Gasteiger partial charge >= 0.3 is 0 Å². The molecule has 202 valence electrons. The van der Waals surface area contributed by atoms with Crippen LogP contribution in [-0.2, 0) is 26.2 Å². The summed E-state index contributed by atoms with van der Waals surface area (Å²) in [5.41, 5.74) is 3.32. The van der Waals surface area contributed by atoms with Gasteiger partial charge in [0.05, 0.1) is 10.6 Å². The molecule has 1 unspecified atom stereocenters. The zero-order valence-corrected chi connectivity index (χ0v) is 23.5. The molecule has 8 heteroatoms. The Morgan fingerprint density at radius 1 is 0.895 bits per heavy atom. The third-order valence-electron chi connectivity index (χ3n) is 6.41. The molecule has 0 aliphatic carbocycles. The Kier molecular flexibility index (Phi) is 9.69. The second-order valence-corrected chi connectivity index (χ2v) is 11.5. The Bertz CT molecular complexity index is 1340. The molecule has 3 aromatic rings. The van der Waals surface area contributed by atoms with Gasteiger partial charge in [-0.3, -0.25) is 13.9 Å². The normalized spacial score (nSPS) is 12.2. The Morgan fingerprint density at radius 3 is 2.13 bits per heavy atom. The van der Waals surface area contributed by atoms with E-state index in [0.717, 1.165) is 21.0 Å². The monoisotopic (exact) mass is 535 g/mol. The molecule has 2 amide bonds. The van der Waals surface area contributed by atoms with Gasteiger partial charge in [0.15, 0.2) is 0 Å². The summed E-state index contributed by atoms with van der Waals surface area (Å²) < 4.78 is 28.7. The van der Waals surface area contributed by atoms with E-state index in [1.807, 2.05) is 50.2 Å². The topological polar surface area (TPSA) is 86.8 Å². The van der Waals surface area contributed by atoms with Crippen molar-refractivity contribution in [3.8, 4) is 0 Å². The van der Waals surface area contributed by atoms with Gasteiger partial charge in [-0.05, 0) is 62.1 Å². The first kappa shape index (κ1) is 28.9. The van der Waals surface area contributed by atoms with Crippen molar-refractivity contribution in [1.82, 2.24) is 10.2 Å². The van der Waals surface area contributed by atoms with Gasteiger partial charge in [-0.25, -0.2) is 8.42 Å². The van der Waals surface area contributed by atoms with Crippen molar-refractivity contribution in [2.45, 2.75) is 58.0 Å². The average molecular weight is 536 g/mol. The van der Waals surface area contributed by atoms with Gasteiger partial charge in [-0.2, -0.15) is 0 Å². The maximum atomic E-state index is 13.9. The van der Waals surface area contributed by atoms with Crippen LogP contribution in [0.2, 0.25) is 0 Å². The van der Waals surface area contributed by atoms with Gasteiger partial charge in [0, 0.05) is 13.1 Å². The number of aryl methyl sites for hydroxylation is 1. The number of carbonyl (C=O) groups excluding carboxylic acids is 2. The first-order valence-electron chi connectivity index (χ1n) is 12.8. The largest absolute Gasteiger partial charge is 0.355 e. The van der Waals surface area contributed by atoms with Crippen LogP contribution in [-0.4, -0.2) is 44.3 Å². The van der Waals surface area contributed by atoms with E-state index in [1.54, 1.807) is 37.3 Å². The highest BCUT2D eigenvalue weighted by Crippen LogP contribution is 2.26. The van der Waals surface area contributed by atoms with Crippen molar-refractivity contribution in [2.75, 3.05) is 17.4 Å². The van der Waals surface area contributed by atoms with Gasteiger partial charge in [0.1, 0.15) is 12.6 Å². The summed E-state index contributed by atoms with van der Waals surface area (Å²) in [5, 5.41) is 2.77. The number of nitrogens with zero attached hydrogens (tertiary/aromatic N) is 2. The molecule has 7 nitrogen and oxygen atoms in total. The van der Waals surface area contributed by atoms with E-state index in [-0.39, 0.29) is 23.3 Å². The zero-order chi connectivity index (χ0) is 27.9. The lowest BCUT2D eigenvalue weighted by atomic mass is 10.0. The van der Waals surface area contributed by atoms with Crippen molar-refractivity contribution in [2.24, 2.45) is 0 Å². The second-order valence-electron chi connectivity index (χ2n) is 9.65. The number of benzene rings is 3. The predicted molar refractivity (Wildman–Crippen MR) is 151 cm³/mol. The molecule has 0 radical (unpaired) electrons. The second kappa shape index (κ2) is 12.7. The van der Waals surface area contributed by atoms with Crippen LogP contribution in [0.25, 0.3) is 0 Å². The fourth-order valence-electron chi connectivity index (χ4n) is 4.19. The molecular weight excluding hydrogens is 498 g/mol. The maximum absolute atomic E-state index is 13.9. The summed E-state index contributed by atoms with van der Waals surface area (Å²) in [4.78, 5) is 28.2. The Morgan fingerprint density at radius 2 is 1.55 bits per heavy atom. The lowest BCUT2D eigenvalue weighted by Gasteiger charge is -2.32. The molecule has 0 spiro atoms. The average Bonchev–Trinajstić information content (AvgIpc) is 2.90. The smallest absolute Gasteiger partial charge is 0.264 e. The lowest BCUT2D eigenvalue weighted by Crippen LogP contribution is -2.51. The number of carbonyl (C=O) groups is 2. The predicted octanol–water partition coefficient (Wildman–Crippen LogP) is 4.87. The third-order valence-corrected chi connectivity index (χ3v) is 8.20. The van der Waals surface area contributed by atoms with Crippen molar-refractivity contribution >= 4 is 27.5 Å². The highest BCUT2D eigenvalue weighted by molar-refractivity contribution is 7.92. The molecule has 0 aliphatic heterocycles. The van der Waals surface area contributed by atoms with Crippen LogP contribution in [0.3, 0.4) is 0 Å². The van der Waals surface area contributed by atoms with E-state index in [0.29, 0.717) is 12.2 Å². The highest BCUT2D eigenvalue weighted by Gasteiger charge is 2.32. The molecule has 3 aromatic carbocycles. The van der Waals surface area contributed by atoms with Gasteiger partial charge in [-0.1, -0.05) is 74.0 Å². The quantitative estimate of drug-likeness (QED) is 0.380. The van der Waals surface area contributed by atoms with Crippen molar-refractivity contribution < 1.29 is 18.0 Å². The molecule has 1 atom stereocenters. The van der Waals surface area contributed by atoms with Gasteiger partial charge in [0.2, 0.25) is 11.8 Å². The molecule has 0 aromatic heterocycles. The van der Waals surface area contributed by atoms with Gasteiger partial charge in [0.25, 0.3) is 10.0 Å². The number of likely N-dealkylation sites (N-methyl/N-ethyl adjacent to an activating group) is 1. The van der Waals surface area contributed by atoms with Gasteiger partial charge < -0.3 is 10.2 Å². The number of amides is 2. The molecule has 0 saturated heterocycles. The minimum absolute atomic E-state index is 0.0859. The molecule has 0 heterocycles. The van der Waals surface area contributed by atoms with E-state index >= 15 is 0 Å². The van der Waals surface area contributed by atoms with Crippen LogP contribution in [0, 0.1) is 6.92 Å². The van der Waals surface area contributed by atoms with E-state index in [2.05, 4.69) is 19.2 Å². The summed E-state index contributed by atoms with van der Waals surface area (Å²) in [7, 11) is -4.07. The van der Waals surface area contributed by atoms with Crippen molar-refractivity contribution in [3.63, 3.8) is 0 Å². The molecule has 0 saturated carbocycles. The number of anilines is 1. The van der Waals surface area contributed by atoms with Crippen LogP contribution >= 0.6 is 0 Å². The third kappa shape index (κ3) is 7.01. The number of rotatable bonds is 11. The van der Waals surface area contributed by atoms with E-state index < -0.39 is 28.5 Å². The Balaban J connectivity index is 2.03. The molecule has 0 aliphatic rings. The van der Waals surface area contributed by atoms with Crippen LogP contribution < -0.4 is 9.62 Å². The SMILES string of the molecule is CCNC(=O)C(C)N(Cc1cccc(C)c1)C(=O)CN(c1ccc(C(C)C)cc1)S(=O)(=O)c1ccccc1. The van der Waals surface area contributed by atoms with E-state index in [1.165, 1.54) is 17.0 Å². The fourth-order valence-corrected chi connectivity index (χ4v) is 5.62. The summed E-state index contributed by atoms with van der Waals surface area (Å²) in [6.07, 6.45) is 0. The molecule has 3 rings (SSSR count). The summed E-state index contributed by atoms with van der Waals surface area (Å²) in [6, 6.07) is 22.2. The van der Waals surface area contributed by atoms with Crippen molar-refractivity contribution in [3.05, 3.63) is 95.6 Å². The first-order chi connectivity index (χ1) is 18.0. The van der Waals surface area contributed by atoms with Crippen LogP contribution in [0.4, 0.5) is 5.69 Å². The van der Waals surface area contributed by atoms with Gasteiger partial charge in [-0.15, -0.1) is 0 Å². The summed E-state index contributed by atoms with van der Waals surface area (Å²) >= 11 is 0. The Hall–Kier alpha value is -3.65. The van der Waals surface area contributed by atoms with Crippen molar-refractivity contribution in [1.29, 1.82) is 0 Å². The molecule has 0 fully saturated rings. The minimum atomic E-state index is -4.07. The first-order valence-corrected chi connectivity index (χ1v) is 14.3. The minimum Gasteiger partial charge on any atom is -0.355 e. The molecular formula is C30H37N3O4S. The number of sulfonamides is 1. The lowest BCUT2D eigenvalue weighted by molar-refractivity contribution is -0.139. The maximum Gasteiger partial charge on any atom is 0.264 e. The van der Waals surface area contributed by atoms with E-state index in [9.17, 15) is 18.0 Å². The summed E-state index contributed by atoms with van der Waals surface area (Å²) in [6.45, 7) is 9.69. The molecule has 0 bridgehead atoms. The molecule has 1 N–H and O–H groups in total. The highest BCUT2D eigenvalue weighted by atomic mass is 32.2. The number of hydrogen-bond donors (Lipinski definition) is 1. The molecule has 38 heavy (non-hydrogen) atoms. The summed E-state index contributed by atoms with van der Waals surface area (Å²) in [5.74, 6) is -0.502.